The molecule has 0 heterocycles. The summed E-state index contributed by atoms with van der Waals surface area (Å²) in [5.41, 5.74) is 2.48. The molecular weight excluding hydrogens is 380 g/mol. The molecule has 0 spiro atoms. The average Bonchev–Trinajstić information content (AvgIpc) is 2.50. The van der Waals surface area contributed by atoms with Crippen LogP contribution in [0.3, 0.4) is 0 Å². The molecule has 0 atom stereocenters. The second-order valence-electron chi connectivity index (χ2n) is 5.04. The summed E-state index contributed by atoms with van der Waals surface area (Å²) >= 11 is 9.47. The fraction of sp³-hybridized carbons (Fsp3) is 0.235. The van der Waals surface area contributed by atoms with E-state index in [1.807, 2.05) is 31.2 Å². The number of amides is 1. The van der Waals surface area contributed by atoms with Gasteiger partial charge in [0.15, 0.2) is 0 Å². The average molecular weight is 398 g/mol. The van der Waals surface area contributed by atoms with E-state index in [-0.39, 0.29) is 5.91 Å². The number of nitrogens with one attached hydrogen (secondary N) is 2. The van der Waals surface area contributed by atoms with Crippen molar-refractivity contribution in [3.8, 4) is 5.75 Å². The summed E-state index contributed by atoms with van der Waals surface area (Å²) in [6.07, 6.45) is 0.345. The molecule has 23 heavy (non-hydrogen) atoms. The van der Waals surface area contributed by atoms with Gasteiger partial charge in [-0.15, -0.1) is 0 Å². The lowest BCUT2D eigenvalue weighted by Gasteiger charge is -2.12. The van der Waals surface area contributed by atoms with Gasteiger partial charge in [0.05, 0.1) is 12.8 Å². The number of benzene rings is 2. The highest BCUT2D eigenvalue weighted by Crippen LogP contribution is 2.31. The molecule has 2 aromatic rings. The van der Waals surface area contributed by atoms with Gasteiger partial charge in [-0.25, -0.2) is 0 Å². The minimum atomic E-state index is -0.0903. The van der Waals surface area contributed by atoms with Crippen LogP contribution in [-0.2, 0) is 4.79 Å². The highest BCUT2D eigenvalue weighted by Gasteiger charge is 2.10. The fourth-order valence-electron chi connectivity index (χ4n) is 2.06. The highest BCUT2D eigenvalue weighted by molar-refractivity contribution is 9.10. The van der Waals surface area contributed by atoms with Gasteiger partial charge in [0, 0.05) is 34.2 Å². The molecule has 0 bridgehead atoms. The third-order valence-electron chi connectivity index (χ3n) is 3.26. The van der Waals surface area contributed by atoms with Crippen molar-refractivity contribution in [1.29, 1.82) is 0 Å². The maximum atomic E-state index is 12.1. The zero-order chi connectivity index (χ0) is 16.8. The Bertz CT molecular complexity index is 707. The number of hydrogen-bond acceptors (Lipinski definition) is 3. The van der Waals surface area contributed by atoms with Gasteiger partial charge in [0.1, 0.15) is 5.75 Å². The first-order valence-corrected chi connectivity index (χ1v) is 8.30. The number of halogens is 2. The normalized spacial score (nSPS) is 10.3. The fourth-order valence-corrected chi connectivity index (χ4v) is 2.61. The van der Waals surface area contributed by atoms with Crippen LogP contribution in [0.1, 0.15) is 12.0 Å². The van der Waals surface area contributed by atoms with E-state index in [2.05, 4.69) is 26.6 Å². The molecule has 4 nitrogen and oxygen atoms in total. The Labute approximate surface area is 149 Å². The second-order valence-corrected chi connectivity index (χ2v) is 6.36. The predicted molar refractivity (Wildman–Crippen MR) is 98.6 cm³/mol. The van der Waals surface area contributed by atoms with E-state index < -0.39 is 0 Å². The number of ether oxygens (including phenoxy) is 1. The van der Waals surface area contributed by atoms with Crippen LogP contribution in [0.2, 0.25) is 5.02 Å². The van der Waals surface area contributed by atoms with Crippen molar-refractivity contribution in [3.05, 3.63) is 51.5 Å². The number of aryl methyl sites for hydroxylation is 1. The first-order chi connectivity index (χ1) is 11.0. The number of anilines is 2. The van der Waals surface area contributed by atoms with Crippen LogP contribution in [0.4, 0.5) is 11.4 Å². The van der Waals surface area contributed by atoms with E-state index in [0.29, 0.717) is 29.4 Å². The first-order valence-electron chi connectivity index (χ1n) is 7.13. The van der Waals surface area contributed by atoms with Crippen LogP contribution >= 0.6 is 27.5 Å². The summed E-state index contributed by atoms with van der Waals surface area (Å²) in [6.45, 7) is 2.42. The molecule has 0 aromatic heterocycles. The Morgan fingerprint density at radius 2 is 2.09 bits per heavy atom. The third kappa shape index (κ3) is 5.15. The number of carbonyl (C=O) groups excluding carboxylic acids is 1. The minimum absolute atomic E-state index is 0.0903. The molecule has 122 valence electrons. The standard InChI is InChI=1S/C17H18BrClN2O2/c1-11-8-15(16(23-2)10-14(11)19)21-17(22)6-7-20-13-5-3-4-12(18)9-13/h3-5,8-10,20H,6-7H2,1-2H3,(H,21,22). The largest absolute Gasteiger partial charge is 0.495 e. The van der Waals surface area contributed by atoms with E-state index in [9.17, 15) is 4.79 Å². The SMILES string of the molecule is COc1cc(Cl)c(C)cc1NC(=O)CCNc1cccc(Br)c1. The summed E-state index contributed by atoms with van der Waals surface area (Å²) in [5.74, 6) is 0.460. The zero-order valence-electron chi connectivity index (χ0n) is 13.0. The highest BCUT2D eigenvalue weighted by atomic mass is 79.9. The zero-order valence-corrected chi connectivity index (χ0v) is 15.3. The maximum Gasteiger partial charge on any atom is 0.226 e. The van der Waals surface area contributed by atoms with Gasteiger partial charge in [0.2, 0.25) is 5.91 Å². The molecule has 6 heteroatoms. The molecule has 0 unspecified atom stereocenters. The molecule has 0 radical (unpaired) electrons. The smallest absolute Gasteiger partial charge is 0.226 e. The molecule has 0 aliphatic carbocycles. The Morgan fingerprint density at radius 3 is 2.78 bits per heavy atom. The Morgan fingerprint density at radius 1 is 1.30 bits per heavy atom. The van der Waals surface area contributed by atoms with Crippen molar-refractivity contribution in [2.75, 3.05) is 24.3 Å². The lowest BCUT2D eigenvalue weighted by Crippen LogP contribution is -2.16. The van der Waals surface area contributed by atoms with Crippen LogP contribution < -0.4 is 15.4 Å². The Balaban J connectivity index is 1.91. The van der Waals surface area contributed by atoms with Gasteiger partial charge >= 0.3 is 0 Å². The Hall–Kier alpha value is -1.72. The molecule has 2 aromatic carbocycles. The molecule has 0 fully saturated rings. The van der Waals surface area contributed by atoms with Crippen molar-refractivity contribution >= 4 is 44.8 Å². The number of carbonyl (C=O) groups is 1. The third-order valence-corrected chi connectivity index (χ3v) is 4.16. The van der Waals surface area contributed by atoms with E-state index in [4.69, 9.17) is 16.3 Å². The van der Waals surface area contributed by atoms with Gasteiger partial charge < -0.3 is 15.4 Å². The van der Waals surface area contributed by atoms with Crippen LogP contribution in [0, 0.1) is 6.92 Å². The van der Waals surface area contributed by atoms with Crippen molar-refractivity contribution < 1.29 is 9.53 Å². The van der Waals surface area contributed by atoms with Gasteiger partial charge in [-0.3, -0.25) is 4.79 Å². The van der Waals surface area contributed by atoms with Gasteiger partial charge in [-0.1, -0.05) is 33.6 Å². The summed E-state index contributed by atoms with van der Waals surface area (Å²) in [5, 5.41) is 6.67. The van der Waals surface area contributed by atoms with Gasteiger partial charge in [-0.05, 0) is 36.8 Å². The minimum Gasteiger partial charge on any atom is -0.495 e. The van der Waals surface area contributed by atoms with Crippen LogP contribution in [0.5, 0.6) is 5.75 Å². The van der Waals surface area contributed by atoms with E-state index >= 15 is 0 Å². The first kappa shape index (κ1) is 17.6. The molecular formula is C17H18BrClN2O2. The topological polar surface area (TPSA) is 50.4 Å². The van der Waals surface area contributed by atoms with Crippen LogP contribution in [0.25, 0.3) is 0 Å². The lowest BCUT2D eigenvalue weighted by atomic mass is 10.2. The van der Waals surface area contributed by atoms with E-state index in [0.717, 1.165) is 15.7 Å². The van der Waals surface area contributed by atoms with Crippen molar-refractivity contribution in [1.82, 2.24) is 0 Å². The molecule has 2 N–H and O–H groups in total. The monoisotopic (exact) mass is 396 g/mol. The number of rotatable bonds is 6. The summed E-state index contributed by atoms with van der Waals surface area (Å²) < 4.78 is 6.24. The van der Waals surface area contributed by atoms with Crippen LogP contribution in [0.15, 0.2) is 40.9 Å². The van der Waals surface area contributed by atoms with Gasteiger partial charge in [0.25, 0.3) is 0 Å². The van der Waals surface area contributed by atoms with Crippen molar-refractivity contribution in [2.45, 2.75) is 13.3 Å². The number of hydrogen-bond donors (Lipinski definition) is 2. The van der Waals surface area contributed by atoms with E-state index in [1.165, 1.54) is 0 Å². The predicted octanol–water partition coefficient (Wildman–Crippen LogP) is 4.86. The molecule has 0 saturated carbocycles. The lowest BCUT2D eigenvalue weighted by molar-refractivity contribution is -0.115. The maximum absolute atomic E-state index is 12.1. The molecule has 1 amide bonds. The summed E-state index contributed by atoms with van der Waals surface area (Å²) in [4.78, 5) is 12.1. The quantitative estimate of drug-likeness (QED) is 0.732. The van der Waals surface area contributed by atoms with Crippen molar-refractivity contribution in [2.24, 2.45) is 0 Å². The number of methoxy groups -OCH3 is 1. The Kier molecular flexibility index (Phi) is 6.30. The molecule has 0 aliphatic rings. The van der Waals surface area contributed by atoms with E-state index in [1.54, 1.807) is 19.2 Å². The molecule has 0 aliphatic heterocycles. The second kappa shape index (κ2) is 8.22. The molecule has 0 saturated heterocycles. The van der Waals surface area contributed by atoms with Crippen LogP contribution in [-0.4, -0.2) is 19.6 Å². The van der Waals surface area contributed by atoms with Crippen molar-refractivity contribution in [3.63, 3.8) is 0 Å². The molecule has 2 rings (SSSR count). The summed E-state index contributed by atoms with van der Waals surface area (Å²) in [7, 11) is 1.55. The van der Waals surface area contributed by atoms with Gasteiger partial charge in [-0.2, -0.15) is 0 Å². The summed E-state index contributed by atoms with van der Waals surface area (Å²) in [6, 6.07) is 11.3.